The van der Waals surface area contributed by atoms with Crippen LogP contribution in [0.25, 0.3) is 10.8 Å². The largest absolute Gasteiger partial charge is 0.483 e. The Hall–Kier alpha value is -4.68. The summed E-state index contributed by atoms with van der Waals surface area (Å²) in [7, 11) is 0. The standard InChI is InChI=1S/C28H26F4N2O7/c1-14(2)26(34-22(36)13-40-21-9-5-7-15-6-3-4-8-16(15)21)28(39)33-19(11-23(37)38)20(35)12-41-27-24(31)17(29)10-18(30)25(27)32/h3-10,14,19,26H,11-13H2,1-2H3,(H,33,39)(H,34,36)(H,37,38)/t19-,26-/m0/s1. The highest BCUT2D eigenvalue weighted by atomic mass is 19.2. The number of hydrogen-bond donors (Lipinski definition) is 3. The van der Waals surface area contributed by atoms with Crippen LogP contribution in [0.1, 0.15) is 20.3 Å². The van der Waals surface area contributed by atoms with Gasteiger partial charge in [-0.25, -0.2) is 8.78 Å². The van der Waals surface area contributed by atoms with Gasteiger partial charge >= 0.3 is 5.97 Å². The molecular weight excluding hydrogens is 552 g/mol. The van der Waals surface area contributed by atoms with E-state index in [0.29, 0.717) is 5.75 Å². The smallest absolute Gasteiger partial charge is 0.305 e. The number of Topliss-reactive ketones (excluding diaryl/α,β-unsaturated/α-hetero) is 1. The highest BCUT2D eigenvalue weighted by Gasteiger charge is 2.31. The summed E-state index contributed by atoms with van der Waals surface area (Å²) in [4.78, 5) is 49.5. The third kappa shape index (κ3) is 7.93. The lowest BCUT2D eigenvalue weighted by molar-refractivity contribution is -0.141. The van der Waals surface area contributed by atoms with Gasteiger partial charge in [0, 0.05) is 11.5 Å². The van der Waals surface area contributed by atoms with Gasteiger partial charge in [0.25, 0.3) is 5.91 Å². The molecule has 2 atom stereocenters. The Labute approximate surface area is 231 Å². The summed E-state index contributed by atoms with van der Waals surface area (Å²) in [5, 5.41) is 15.5. The molecule has 0 aliphatic heterocycles. The summed E-state index contributed by atoms with van der Waals surface area (Å²) in [6.45, 7) is 1.47. The van der Waals surface area contributed by atoms with Gasteiger partial charge in [-0.2, -0.15) is 8.78 Å². The number of nitrogens with one attached hydrogen (secondary N) is 2. The summed E-state index contributed by atoms with van der Waals surface area (Å²) in [6, 6.07) is 9.54. The molecule has 0 aliphatic carbocycles. The molecule has 218 valence electrons. The average Bonchev–Trinajstić information content (AvgIpc) is 2.92. The topological polar surface area (TPSA) is 131 Å². The quantitative estimate of drug-likeness (QED) is 0.209. The summed E-state index contributed by atoms with van der Waals surface area (Å²) in [6.07, 6.45) is -0.959. The molecule has 3 aromatic rings. The highest BCUT2D eigenvalue weighted by molar-refractivity contribution is 5.95. The highest BCUT2D eigenvalue weighted by Crippen LogP contribution is 2.27. The number of ketones is 1. The number of benzene rings is 3. The molecule has 0 bridgehead atoms. The van der Waals surface area contributed by atoms with Gasteiger partial charge in [0.1, 0.15) is 24.4 Å². The van der Waals surface area contributed by atoms with Crippen molar-refractivity contribution < 1.29 is 51.3 Å². The molecule has 2 amide bonds. The minimum Gasteiger partial charge on any atom is -0.483 e. The zero-order valence-corrected chi connectivity index (χ0v) is 21.9. The number of amides is 2. The third-order valence-electron chi connectivity index (χ3n) is 5.89. The molecule has 3 N–H and O–H groups in total. The van der Waals surface area contributed by atoms with Gasteiger partial charge in [-0.15, -0.1) is 0 Å². The van der Waals surface area contributed by atoms with Crippen molar-refractivity contribution in [2.75, 3.05) is 13.2 Å². The monoisotopic (exact) mass is 578 g/mol. The number of hydrogen-bond acceptors (Lipinski definition) is 6. The molecule has 0 heterocycles. The Kier molecular flexibility index (Phi) is 10.2. The lowest BCUT2D eigenvalue weighted by Crippen LogP contribution is -2.55. The molecule has 41 heavy (non-hydrogen) atoms. The van der Waals surface area contributed by atoms with E-state index in [1.165, 1.54) is 0 Å². The van der Waals surface area contributed by atoms with E-state index < -0.39 is 90.2 Å². The van der Waals surface area contributed by atoms with E-state index in [1.54, 1.807) is 32.0 Å². The lowest BCUT2D eigenvalue weighted by Gasteiger charge is -2.24. The lowest BCUT2D eigenvalue weighted by atomic mass is 10.0. The van der Waals surface area contributed by atoms with Gasteiger partial charge in [0.2, 0.25) is 17.5 Å². The van der Waals surface area contributed by atoms with Gasteiger partial charge in [0.15, 0.2) is 29.8 Å². The molecule has 0 aliphatic rings. The Balaban J connectivity index is 1.66. The maximum absolute atomic E-state index is 13.8. The van der Waals surface area contributed by atoms with Gasteiger partial charge in [0.05, 0.1) is 6.42 Å². The van der Waals surface area contributed by atoms with Crippen molar-refractivity contribution in [1.82, 2.24) is 10.6 Å². The van der Waals surface area contributed by atoms with Crippen LogP contribution in [0.15, 0.2) is 48.5 Å². The van der Waals surface area contributed by atoms with Crippen LogP contribution >= 0.6 is 0 Å². The number of fused-ring (bicyclic) bond motifs is 1. The van der Waals surface area contributed by atoms with Crippen LogP contribution < -0.4 is 20.1 Å². The van der Waals surface area contributed by atoms with Crippen LogP contribution in [0.3, 0.4) is 0 Å². The number of ether oxygens (including phenoxy) is 2. The third-order valence-corrected chi connectivity index (χ3v) is 5.89. The second kappa shape index (κ2) is 13.6. The van der Waals surface area contributed by atoms with Crippen LogP contribution in [0.4, 0.5) is 17.6 Å². The summed E-state index contributed by atoms with van der Waals surface area (Å²) in [5.74, 6) is -13.3. The van der Waals surface area contributed by atoms with Crippen molar-refractivity contribution in [3.63, 3.8) is 0 Å². The van der Waals surface area contributed by atoms with Crippen LogP contribution in [0.2, 0.25) is 0 Å². The molecule has 3 aromatic carbocycles. The van der Waals surface area contributed by atoms with Gasteiger partial charge in [-0.3, -0.25) is 19.2 Å². The van der Waals surface area contributed by atoms with E-state index in [0.717, 1.165) is 10.8 Å². The molecule has 0 fully saturated rings. The predicted molar refractivity (Wildman–Crippen MR) is 137 cm³/mol. The molecule has 9 nitrogen and oxygen atoms in total. The number of carbonyl (C=O) groups is 4. The van der Waals surface area contributed by atoms with Crippen molar-refractivity contribution in [3.05, 3.63) is 71.8 Å². The first-order valence-corrected chi connectivity index (χ1v) is 12.3. The van der Waals surface area contributed by atoms with Crippen molar-refractivity contribution >= 4 is 34.3 Å². The van der Waals surface area contributed by atoms with Crippen molar-refractivity contribution in [3.8, 4) is 11.5 Å². The normalized spacial score (nSPS) is 12.5. The first-order valence-electron chi connectivity index (χ1n) is 12.3. The zero-order chi connectivity index (χ0) is 30.3. The maximum atomic E-state index is 13.8. The fraction of sp³-hybridized carbons (Fsp3) is 0.286. The maximum Gasteiger partial charge on any atom is 0.305 e. The van der Waals surface area contributed by atoms with E-state index in [9.17, 15) is 41.8 Å². The Morgan fingerprint density at radius 2 is 1.49 bits per heavy atom. The Morgan fingerprint density at radius 1 is 0.854 bits per heavy atom. The van der Waals surface area contributed by atoms with Crippen LogP contribution in [0, 0.1) is 29.2 Å². The molecule has 0 unspecified atom stereocenters. The summed E-state index contributed by atoms with van der Waals surface area (Å²) >= 11 is 0. The SMILES string of the molecule is CC(C)[C@H](NC(=O)COc1cccc2ccccc12)C(=O)N[C@@H](CC(=O)O)C(=O)COc1c(F)c(F)cc(F)c1F. The Morgan fingerprint density at radius 3 is 2.12 bits per heavy atom. The second-order valence-corrected chi connectivity index (χ2v) is 9.27. The molecule has 0 radical (unpaired) electrons. The van der Waals surface area contributed by atoms with Crippen molar-refractivity contribution in [2.24, 2.45) is 5.92 Å². The average molecular weight is 579 g/mol. The van der Waals surface area contributed by atoms with E-state index in [4.69, 9.17) is 4.74 Å². The number of halogens is 4. The number of carboxylic acid groups (broad SMARTS) is 1. The predicted octanol–water partition coefficient (Wildman–Crippen LogP) is 3.52. The second-order valence-electron chi connectivity index (χ2n) is 9.27. The van der Waals surface area contributed by atoms with E-state index in [1.807, 2.05) is 24.3 Å². The van der Waals surface area contributed by atoms with E-state index in [-0.39, 0.29) is 6.07 Å². The summed E-state index contributed by atoms with van der Waals surface area (Å²) in [5.41, 5.74) is 0. The number of aliphatic carboxylic acids is 1. The summed E-state index contributed by atoms with van der Waals surface area (Å²) < 4.78 is 64.7. The number of carbonyl (C=O) groups excluding carboxylic acids is 3. The van der Waals surface area contributed by atoms with Crippen LogP contribution in [-0.2, 0) is 19.2 Å². The fourth-order valence-electron chi connectivity index (χ4n) is 3.82. The Bertz CT molecular complexity index is 1430. The van der Waals surface area contributed by atoms with Gasteiger partial charge in [-0.05, 0) is 17.4 Å². The molecule has 3 rings (SSSR count). The van der Waals surface area contributed by atoms with Crippen molar-refractivity contribution in [2.45, 2.75) is 32.4 Å². The molecule has 0 spiro atoms. The zero-order valence-electron chi connectivity index (χ0n) is 21.9. The van der Waals surface area contributed by atoms with E-state index >= 15 is 0 Å². The molecule has 0 saturated heterocycles. The van der Waals surface area contributed by atoms with Gasteiger partial charge < -0.3 is 25.2 Å². The van der Waals surface area contributed by atoms with E-state index in [2.05, 4.69) is 15.4 Å². The van der Waals surface area contributed by atoms with Crippen molar-refractivity contribution in [1.29, 1.82) is 0 Å². The van der Waals surface area contributed by atoms with Gasteiger partial charge in [-0.1, -0.05) is 50.2 Å². The van der Waals surface area contributed by atoms with Crippen LogP contribution in [-0.4, -0.2) is 54.0 Å². The minimum atomic E-state index is -1.90. The van der Waals surface area contributed by atoms with Crippen LogP contribution in [0.5, 0.6) is 11.5 Å². The number of carboxylic acids is 1. The molecule has 0 saturated carbocycles. The minimum absolute atomic E-state index is 0.0553. The first-order chi connectivity index (χ1) is 19.4. The molecule has 0 aromatic heterocycles. The first kappa shape index (κ1) is 30.9. The molecule has 13 heteroatoms. The number of rotatable bonds is 13. The fourth-order valence-corrected chi connectivity index (χ4v) is 3.82. The molecular formula is C28H26F4N2O7.